The maximum Gasteiger partial charge on any atom is 0.239 e. The summed E-state index contributed by atoms with van der Waals surface area (Å²) in [5, 5.41) is 0. The molecule has 2 aliphatic heterocycles. The van der Waals surface area contributed by atoms with Crippen LogP contribution in [-0.2, 0) is 9.59 Å². The number of amides is 2. The Hall–Kier alpha value is -1.10. The van der Waals surface area contributed by atoms with Gasteiger partial charge in [0.05, 0.1) is 6.04 Å². The highest BCUT2D eigenvalue weighted by molar-refractivity contribution is 5.83. The van der Waals surface area contributed by atoms with Crippen molar-refractivity contribution >= 4 is 11.8 Å². The molecule has 2 N–H and O–H groups in total. The van der Waals surface area contributed by atoms with Gasteiger partial charge in [0.15, 0.2) is 0 Å². The van der Waals surface area contributed by atoms with E-state index in [9.17, 15) is 9.59 Å². The molecule has 0 aromatic rings. The van der Waals surface area contributed by atoms with Crippen LogP contribution in [0.4, 0.5) is 0 Å². The number of hydrogen-bond acceptors (Lipinski definition) is 3. The van der Waals surface area contributed by atoms with E-state index in [2.05, 4.69) is 0 Å². The number of carbonyl (C=O) groups is 2. The second-order valence-electron chi connectivity index (χ2n) is 5.33. The Morgan fingerprint density at radius 3 is 2.76 bits per heavy atom. The van der Waals surface area contributed by atoms with Crippen LogP contribution in [0, 0.1) is 5.92 Å². The third-order valence-electron chi connectivity index (χ3n) is 3.81. The lowest BCUT2D eigenvalue weighted by molar-refractivity contribution is -0.140. The van der Waals surface area contributed by atoms with Gasteiger partial charge in [0.25, 0.3) is 0 Å². The van der Waals surface area contributed by atoms with E-state index in [1.54, 1.807) is 0 Å². The molecule has 1 unspecified atom stereocenters. The highest BCUT2D eigenvalue weighted by Gasteiger charge is 2.38. The molecule has 5 nitrogen and oxygen atoms in total. The predicted molar refractivity (Wildman–Crippen MR) is 64.1 cm³/mol. The number of fused-ring (bicyclic) bond motifs is 1. The number of carbonyl (C=O) groups excluding carboxylic acids is 2. The number of rotatable bonds is 2. The molecule has 17 heavy (non-hydrogen) atoms. The normalized spacial score (nSPS) is 26.4. The van der Waals surface area contributed by atoms with Crippen molar-refractivity contribution in [3.05, 3.63) is 0 Å². The van der Waals surface area contributed by atoms with Gasteiger partial charge in [-0.1, -0.05) is 13.8 Å². The van der Waals surface area contributed by atoms with Crippen LogP contribution in [0.5, 0.6) is 0 Å². The fraction of sp³-hybridized carbons (Fsp3) is 0.833. The summed E-state index contributed by atoms with van der Waals surface area (Å²) in [5.41, 5.74) is 5.88. The van der Waals surface area contributed by atoms with E-state index >= 15 is 0 Å². The molecule has 5 heteroatoms. The van der Waals surface area contributed by atoms with Crippen LogP contribution in [0.2, 0.25) is 0 Å². The van der Waals surface area contributed by atoms with Crippen LogP contribution in [0.15, 0.2) is 0 Å². The number of nitrogens with two attached hydrogens (primary N) is 1. The van der Waals surface area contributed by atoms with Crippen molar-refractivity contribution in [1.82, 2.24) is 9.80 Å². The highest BCUT2D eigenvalue weighted by Crippen LogP contribution is 2.23. The SMILES string of the molecule is CC(C)[C@@H](N)C(=O)N1CCN2C(=O)CCC2C1. The summed E-state index contributed by atoms with van der Waals surface area (Å²) >= 11 is 0. The van der Waals surface area contributed by atoms with Gasteiger partial charge in [0.2, 0.25) is 11.8 Å². The molecule has 0 aromatic carbocycles. The molecule has 0 spiro atoms. The van der Waals surface area contributed by atoms with Gasteiger partial charge in [0, 0.05) is 32.1 Å². The number of nitrogens with zero attached hydrogens (tertiary/aromatic N) is 2. The molecule has 2 atom stereocenters. The molecular formula is C12H21N3O2. The minimum Gasteiger partial charge on any atom is -0.338 e. The van der Waals surface area contributed by atoms with Crippen molar-refractivity contribution in [2.45, 2.75) is 38.8 Å². The Morgan fingerprint density at radius 2 is 2.12 bits per heavy atom. The lowest BCUT2D eigenvalue weighted by Crippen LogP contribution is -2.57. The topological polar surface area (TPSA) is 66.6 Å². The zero-order valence-electron chi connectivity index (χ0n) is 10.6. The molecule has 0 saturated carbocycles. The van der Waals surface area contributed by atoms with Crippen molar-refractivity contribution in [3.8, 4) is 0 Å². The molecule has 2 fully saturated rings. The summed E-state index contributed by atoms with van der Waals surface area (Å²) in [6.45, 7) is 5.86. The quantitative estimate of drug-likeness (QED) is 0.726. The third kappa shape index (κ3) is 2.29. The van der Waals surface area contributed by atoms with E-state index in [1.807, 2.05) is 23.6 Å². The van der Waals surface area contributed by atoms with E-state index in [4.69, 9.17) is 5.73 Å². The van der Waals surface area contributed by atoms with E-state index in [0.717, 1.165) is 6.42 Å². The molecule has 96 valence electrons. The van der Waals surface area contributed by atoms with Crippen molar-refractivity contribution in [2.24, 2.45) is 11.7 Å². The smallest absolute Gasteiger partial charge is 0.239 e. The van der Waals surface area contributed by atoms with Crippen LogP contribution < -0.4 is 5.73 Å². The third-order valence-corrected chi connectivity index (χ3v) is 3.81. The number of piperazine rings is 1. The maximum atomic E-state index is 12.1. The van der Waals surface area contributed by atoms with E-state index in [-0.39, 0.29) is 23.8 Å². The van der Waals surface area contributed by atoms with Crippen molar-refractivity contribution in [2.75, 3.05) is 19.6 Å². The first kappa shape index (κ1) is 12.4. The predicted octanol–water partition coefficient (Wildman–Crippen LogP) is -0.197. The van der Waals surface area contributed by atoms with Crippen LogP contribution in [0.25, 0.3) is 0 Å². The second kappa shape index (κ2) is 4.64. The zero-order valence-corrected chi connectivity index (χ0v) is 10.6. The van der Waals surface area contributed by atoms with Crippen molar-refractivity contribution < 1.29 is 9.59 Å². The Kier molecular flexibility index (Phi) is 3.38. The minimum absolute atomic E-state index is 0.0269. The van der Waals surface area contributed by atoms with Gasteiger partial charge in [-0.15, -0.1) is 0 Å². The fourth-order valence-corrected chi connectivity index (χ4v) is 2.56. The minimum atomic E-state index is -0.418. The van der Waals surface area contributed by atoms with Gasteiger partial charge in [-0.25, -0.2) is 0 Å². The summed E-state index contributed by atoms with van der Waals surface area (Å²) in [4.78, 5) is 27.4. The Bertz CT molecular complexity index is 330. The molecule has 2 aliphatic rings. The molecule has 0 aromatic heterocycles. The lowest BCUT2D eigenvalue weighted by atomic mass is 10.0. The molecule has 2 amide bonds. The zero-order chi connectivity index (χ0) is 12.6. The first-order chi connectivity index (χ1) is 8.00. The van der Waals surface area contributed by atoms with Gasteiger partial charge >= 0.3 is 0 Å². The summed E-state index contributed by atoms with van der Waals surface area (Å²) in [6, 6.07) is -0.196. The van der Waals surface area contributed by atoms with Gasteiger partial charge in [0.1, 0.15) is 0 Å². The van der Waals surface area contributed by atoms with Gasteiger partial charge in [-0.3, -0.25) is 9.59 Å². The largest absolute Gasteiger partial charge is 0.338 e. The van der Waals surface area contributed by atoms with E-state index < -0.39 is 6.04 Å². The summed E-state index contributed by atoms with van der Waals surface area (Å²) in [6.07, 6.45) is 1.50. The Balaban J connectivity index is 1.97. The Morgan fingerprint density at radius 1 is 1.41 bits per heavy atom. The molecule has 0 radical (unpaired) electrons. The van der Waals surface area contributed by atoms with Gasteiger partial charge in [-0.05, 0) is 12.3 Å². The molecule has 2 heterocycles. The monoisotopic (exact) mass is 239 g/mol. The van der Waals surface area contributed by atoms with Crippen molar-refractivity contribution in [1.29, 1.82) is 0 Å². The maximum absolute atomic E-state index is 12.1. The lowest BCUT2D eigenvalue weighted by Gasteiger charge is -2.39. The van der Waals surface area contributed by atoms with Crippen LogP contribution in [0.1, 0.15) is 26.7 Å². The fourth-order valence-electron chi connectivity index (χ4n) is 2.56. The molecule has 0 bridgehead atoms. The summed E-state index contributed by atoms with van der Waals surface area (Å²) < 4.78 is 0. The van der Waals surface area contributed by atoms with Crippen LogP contribution in [0.3, 0.4) is 0 Å². The average molecular weight is 239 g/mol. The van der Waals surface area contributed by atoms with Gasteiger partial charge < -0.3 is 15.5 Å². The van der Waals surface area contributed by atoms with Gasteiger partial charge in [-0.2, -0.15) is 0 Å². The summed E-state index contributed by atoms with van der Waals surface area (Å²) in [5.74, 6) is 0.417. The molecular weight excluding hydrogens is 218 g/mol. The van der Waals surface area contributed by atoms with Crippen LogP contribution >= 0.6 is 0 Å². The van der Waals surface area contributed by atoms with E-state index in [1.165, 1.54) is 0 Å². The first-order valence-electron chi connectivity index (χ1n) is 6.34. The molecule has 0 aliphatic carbocycles. The first-order valence-corrected chi connectivity index (χ1v) is 6.34. The highest BCUT2D eigenvalue weighted by atomic mass is 16.2. The van der Waals surface area contributed by atoms with Crippen LogP contribution in [-0.4, -0.2) is 53.3 Å². The molecule has 2 rings (SSSR count). The standard InChI is InChI=1S/C12H21N3O2/c1-8(2)11(13)12(17)14-5-6-15-9(7-14)3-4-10(15)16/h8-9,11H,3-7,13H2,1-2H3/t9?,11-/m1/s1. The van der Waals surface area contributed by atoms with Crippen molar-refractivity contribution in [3.63, 3.8) is 0 Å². The second-order valence-corrected chi connectivity index (χ2v) is 5.33. The summed E-state index contributed by atoms with van der Waals surface area (Å²) in [7, 11) is 0. The van der Waals surface area contributed by atoms with E-state index in [0.29, 0.717) is 26.1 Å². The number of hydrogen-bond donors (Lipinski definition) is 1. The molecule has 2 saturated heterocycles. The average Bonchev–Trinajstić information content (AvgIpc) is 2.68. The Labute approximate surface area is 102 Å².